The smallest absolute Gasteiger partial charge is 0.257 e. The molecule has 2 aliphatic heterocycles. The van der Waals surface area contributed by atoms with E-state index in [0.717, 1.165) is 10.8 Å². The number of rotatable bonds is 5. The van der Waals surface area contributed by atoms with Gasteiger partial charge in [-0.15, -0.1) is 0 Å². The van der Waals surface area contributed by atoms with E-state index in [2.05, 4.69) is 10.3 Å². The summed E-state index contributed by atoms with van der Waals surface area (Å²) in [4.78, 5) is 19.2. The topological polar surface area (TPSA) is 74.3 Å². The van der Waals surface area contributed by atoms with Crippen molar-refractivity contribution >= 4 is 11.7 Å². The van der Waals surface area contributed by atoms with Crippen LogP contribution in [-0.2, 0) is 11.2 Å². The number of carbonyl (C=O) groups excluding carboxylic acids is 1. The maximum Gasteiger partial charge on any atom is 0.257 e. The lowest BCUT2D eigenvalue weighted by atomic mass is 9.87. The van der Waals surface area contributed by atoms with E-state index in [1.54, 1.807) is 22.6 Å². The zero-order chi connectivity index (χ0) is 25.6. The summed E-state index contributed by atoms with van der Waals surface area (Å²) in [6, 6.07) is 5.30. The van der Waals surface area contributed by atoms with E-state index < -0.39 is 35.9 Å². The number of nitrogens with one attached hydrogen (secondary N) is 1. The maximum absolute atomic E-state index is 14.7. The number of fused-ring (bicyclic) bond motifs is 1. The Morgan fingerprint density at radius 1 is 1.19 bits per heavy atom. The van der Waals surface area contributed by atoms with Gasteiger partial charge in [0.1, 0.15) is 17.5 Å². The van der Waals surface area contributed by atoms with Gasteiger partial charge in [-0.25, -0.2) is 22.5 Å². The Kier molecular flexibility index (Phi) is 6.19. The van der Waals surface area contributed by atoms with Crippen LogP contribution in [0, 0.1) is 11.6 Å². The predicted octanol–water partition coefficient (Wildman–Crippen LogP) is 3.67. The number of aryl methyl sites for hydroxylation is 1. The van der Waals surface area contributed by atoms with E-state index >= 15 is 0 Å². The number of nitrogens with zero attached hydrogens (tertiary/aromatic N) is 4. The molecule has 2 aromatic heterocycles. The van der Waals surface area contributed by atoms with Crippen LogP contribution in [0.25, 0.3) is 0 Å². The predicted molar refractivity (Wildman–Crippen MR) is 121 cm³/mol. The number of carbonyl (C=O) groups is 1. The van der Waals surface area contributed by atoms with E-state index in [9.17, 15) is 27.6 Å². The van der Waals surface area contributed by atoms with Gasteiger partial charge in [-0.05, 0) is 36.6 Å². The van der Waals surface area contributed by atoms with Crippen LogP contribution in [0.5, 0.6) is 0 Å². The number of imidazole rings is 1. The lowest BCUT2D eigenvalue weighted by molar-refractivity contribution is -0.904. The summed E-state index contributed by atoms with van der Waals surface area (Å²) in [5.41, 5.74) is 0.871. The molecule has 0 radical (unpaired) electrons. The van der Waals surface area contributed by atoms with Crippen molar-refractivity contribution in [1.29, 1.82) is 0 Å². The van der Waals surface area contributed by atoms with E-state index in [0.29, 0.717) is 35.6 Å². The molecular formula is C25H26F4N5O2+. The van der Waals surface area contributed by atoms with Crippen molar-refractivity contribution in [2.24, 2.45) is 0 Å². The molecule has 7 nitrogen and oxygen atoms in total. The minimum atomic E-state index is -2.94. The van der Waals surface area contributed by atoms with Crippen LogP contribution in [0.15, 0.2) is 48.9 Å². The molecule has 0 aliphatic carbocycles. The number of alkyl halides is 2. The molecule has 4 heterocycles. The van der Waals surface area contributed by atoms with Gasteiger partial charge in [0.05, 0.1) is 18.0 Å². The molecule has 1 fully saturated rings. The first kappa shape index (κ1) is 24.2. The molecule has 3 aromatic rings. The Labute approximate surface area is 204 Å². The van der Waals surface area contributed by atoms with Crippen molar-refractivity contribution in [2.75, 3.05) is 18.4 Å². The molecule has 3 atom stereocenters. The van der Waals surface area contributed by atoms with Gasteiger partial charge in [0.2, 0.25) is 18.3 Å². The molecule has 0 bridgehead atoms. The average molecular weight is 505 g/mol. The largest absolute Gasteiger partial charge is 0.325 e. The molecule has 36 heavy (non-hydrogen) atoms. The molecule has 1 saturated heterocycles. The van der Waals surface area contributed by atoms with Crippen molar-refractivity contribution in [2.45, 2.75) is 50.1 Å². The van der Waals surface area contributed by atoms with Crippen molar-refractivity contribution in [3.63, 3.8) is 0 Å². The number of anilines is 1. The molecule has 5 rings (SSSR count). The summed E-state index contributed by atoms with van der Waals surface area (Å²) in [7, 11) is 0. The third-order valence-electron chi connectivity index (χ3n) is 7.14. The first-order valence-electron chi connectivity index (χ1n) is 11.8. The van der Waals surface area contributed by atoms with Crippen LogP contribution in [0.4, 0.5) is 23.4 Å². The average Bonchev–Trinajstić information content (AvgIpc) is 3.39. The lowest BCUT2D eigenvalue weighted by Gasteiger charge is -2.40. The number of benzene rings is 1. The fourth-order valence-corrected chi connectivity index (χ4v) is 5.13. The highest BCUT2D eigenvalue weighted by molar-refractivity contribution is 5.93. The summed E-state index contributed by atoms with van der Waals surface area (Å²) in [5, 5.41) is 12.2. The first-order valence-corrected chi connectivity index (χ1v) is 11.8. The zero-order valence-corrected chi connectivity index (χ0v) is 19.5. The first-order chi connectivity index (χ1) is 17.1. The number of hydrogen-bond acceptors (Lipinski definition) is 4. The van der Waals surface area contributed by atoms with Crippen LogP contribution in [0.3, 0.4) is 0 Å². The van der Waals surface area contributed by atoms with Crippen molar-refractivity contribution in [1.82, 2.24) is 14.5 Å². The van der Waals surface area contributed by atoms with E-state index in [-0.39, 0.29) is 25.0 Å². The number of aromatic nitrogens is 3. The fourth-order valence-electron chi connectivity index (χ4n) is 5.13. The molecule has 3 unspecified atom stereocenters. The maximum atomic E-state index is 14.7. The second-order valence-electron chi connectivity index (χ2n) is 9.44. The number of pyridine rings is 1. The zero-order valence-electron chi connectivity index (χ0n) is 19.5. The number of piperidine rings is 1. The Morgan fingerprint density at radius 2 is 1.89 bits per heavy atom. The number of halogens is 4. The van der Waals surface area contributed by atoms with Crippen LogP contribution in [0.2, 0.25) is 0 Å². The van der Waals surface area contributed by atoms with Crippen LogP contribution >= 0.6 is 0 Å². The number of hydrogen-bond donors (Lipinski definition) is 2. The third kappa shape index (κ3) is 4.67. The minimum absolute atomic E-state index is 0.0239. The van der Waals surface area contributed by atoms with E-state index in [1.165, 1.54) is 36.7 Å². The van der Waals surface area contributed by atoms with Gasteiger partial charge < -0.3 is 9.88 Å². The molecule has 190 valence electrons. The van der Waals surface area contributed by atoms with Crippen LogP contribution < -0.4 is 10.0 Å². The van der Waals surface area contributed by atoms with Gasteiger partial charge in [0.25, 0.3) is 5.92 Å². The lowest BCUT2D eigenvalue weighted by Crippen LogP contribution is -2.52. The van der Waals surface area contributed by atoms with E-state index in [4.69, 9.17) is 0 Å². The second-order valence-corrected chi connectivity index (χ2v) is 9.44. The van der Waals surface area contributed by atoms with Crippen LogP contribution in [0.1, 0.15) is 48.7 Å². The standard InChI is InChI=1S/C25H25F4N5O2/c1-15(32-9-6-25(28,29)20(13-32)16-4-7-33(36)8-5-16)24(35)31-22-14-34-21(2-3-23(34)30-22)17-10-18(26)12-19(27)11-17/h4-5,7-8,10-12,14-15,20-21H,2-3,6,9,13H2,1H3,(H-,31,35,36)/p+1. The molecule has 2 N–H and O–H groups in total. The summed E-state index contributed by atoms with van der Waals surface area (Å²) >= 11 is 0. The van der Waals surface area contributed by atoms with Crippen molar-refractivity contribution in [3.05, 3.63) is 77.5 Å². The Hall–Kier alpha value is -3.47. The van der Waals surface area contributed by atoms with Gasteiger partial charge >= 0.3 is 0 Å². The highest BCUT2D eigenvalue weighted by Gasteiger charge is 2.46. The van der Waals surface area contributed by atoms with Gasteiger partial charge in [-0.2, -0.15) is 0 Å². The van der Waals surface area contributed by atoms with Gasteiger partial charge in [0, 0.05) is 55.1 Å². The molecule has 0 saturated carbocycles. The molecule has 1 amide bonds. The monoisotopic (exact) mass is 504 g/mol. The number of likely N-dealkylation sites (tertiary alicyclic amines) is 1. The summed E-state index contributed by atoms with van der Waals surface area (Å²) in [6.07, 6.45) is 5.06. The highest BCUT2D eigenvalue weighted by Crippen LogP contribution is 2.40. The Bertz CT molecular complexity index is 1260. The van der Waals surface area contributed by atoms with Gasteiger partial charge in [-0.1, -0.05) is 0 Å². The third-order valence-corrected chi connectivity index (χ3v) is 7.14. The quantitative estimate of drug-likeness (QED) is 0.316. The van der Waals surface area contributed by atoms with Crippen LogP contribution in [-0.4, -0.2) is 50.6 Å². The minimum Gasteiger partial charge on any atom is -0.325 e. The van der Waals surface area contributed by atoms with Crippen molar-refractivity contribution < 1.29 is 32.3 Å². The Morgan fingerprint density at radius 3 is 2.58 bits per heavy atom. The molecule has 0 spiro atoms. The molecule has 1 aromatic carbocycles. The van der Waals surface area contributed by atoms with Gasteiger partial charge in [0.15, 0.2) is 5.82 Å². The normalized spacial score (nSPS) is 22.2. The number of amides is 1. The van der Waals surface area contributed by atoms with E-state index in [1.807, 2.05) is 0 Å². The highest BCUT2D eigenvalue weighted by atomic mass is 19.3. The molecular weight excluding hydrogens is 478 g/mol. The van der Waals surface area contributed by atoms with Gasteiger partial charge in [-0.3, -0.25) is 14.9 Å². The Balaban J connectivity index is 1.28. The summed E-state index contributed by atoms with van der Waals surface area (Å²) < 4.78 is 59.4. The fraction of sp³-hybridized carbons (Fsp3) is 0.400. The second kappa shape index (κ2) is 9.20. The SMILES string of the molecule is CC(C(=O)Nc1cn2c(n1)CCC2c1cc(F)cc(F)c1)N1CCC(F)(F)C(c2cc[n+](O)cc2)C1. The van der Waals surface area contributed by atoms with Crippen molar-refractivity contribution in [3.8, 4) is 0 Å². The summed E-state index contributed by atoms with van der Waals surface area (Å²) in [6.45, 7) is 1.69. The molecule has 2 aliphatic rings. The molecule has 11 heteroatoms. The summed E-state index contributed by atoms with van der Waals surface area (Å²) in [5.74, 6) is -4.76.